The first-order valence-corrected chi connectivity index (χ1v) is 11.5. The summed E-state index contributed by atoms with van der Waals surface area (Å²) < 4.78 is 37.6. The Balaban J connectivity index is 1.35. The van der Waals surface area contributed by atoms with Crippen molar-refractivity contribution in [2.75, 3.05) is 31.7 Å². The van der Waals surface area contributed by atoms with Crippen LogP contribution in [-0.2, 0) is 14.8 Å². The van der Waals surface area contributed by atoms with Gasteiger partial charge < -0.3 is 20.1 Å². The molecule has 2 aromatic carbocycles. The van der Waals surface area contributed by atoms with E-state index in [9.17, 15) is 18.0 Å². The van der Waals surface area contributed by atoms with Gasteiger partial charge in [-0.05, 0) is 49.2 Å². The van der Waals surface area contributed by atoms with Gasteiger partial charge in [0.05, 0.1) is 11.4 Å². The first-order valence-electron chi connectivity index (χ1n) is 10.0. The third-order valence-corrected chi connectivity index (χ3v) is 7.01. The Kier molecular flexibility index (Phi) is 6.10. The smallest absolute Gasteiger partial charge is 0.251 e. The van der Waals surface area contributed by atoms with Crippen LogP contribution in [0.5, 0.6) is 11.5 Å². The second-order valence-electron chi connectivity index (χ2n) is 7.29. The average Bonchev–Trinajstić information content (AvgIpc) is 3.26. The van der Waals surface area contributed by atoms with Crippen LogP contribution in [0.2, 0.25) is 0 Å². The lowest BCUT2D eigenvalue weighted by Crippen LogP contribution is -2.35. The summed E-state index contributed by atoms with van der Waals surface area (Å²) >= 11 is 0. The minimum Gasteiger partial charge on any atom is -0.454 e. The van der Waals surface area contributed by atoms with Crippen molar-refractivity contribution in [2.24, 2.45) is 0 Å². The van der Waals surface area contributed by atoms with Gasteiger partial charge in [0, 0.05) is 24.3 Å². The largest absolute Gasteiger partial charge is 0.454 e. The lowest BCUT2D eigenvalue weighted by atomic mass is 10.2. The molecule has 0 aliphatic carbocycles. The highest BCUT2D eigenvalue weighted by molar-refractivity contribution is 7.89. The van der Waals surface area contributed by atoms with Crippen molar-refractivity contribution in [1.82, 2.24) is 9.62 Å². The topological polar surface area (TPSA) is 114 Å². The highest BCUT2D eigenvalue weighted by Crippen LogP contribution is 2.32. The van der Waals surface area contributed by atoms with Crippen molar-refractivity contribution < 1.29 is 27.5 Å². The number of hydrogen-bond donors (Lipinski definition) is 2. The minimum atomic E-state index is -3.60. The fourth-order valence-electron chi connectivity index (χ4n) is 3.49. The van der Waals surface area contributed by atoms with E-state index in [1.807, 2.05) is 0 Å². The van der Waals surface area contributed by atoms with E-state index in [1.54, 1.807) is 30.3 Å². The van der Waals surface area contributed by atoms with Gasteiger partial charge in [0.25, 0.3) is 5.91 Å². The molecule has 0 radical (unpaired) electrons. The van der Waals surface area contributed by atoms with E-state index < -0.39 is 21.8 Å². The molecule has 0 saturated carbocycles. The second-order valence-corrected chi connectivity index (χ2v) is 9.23. The fourth-order valence-corrected chi connectivity index (χ4v) is 5.06. The van der Waals surface area contributed by atoms with Gasteiger partial charge in [-0.25, -0.2) is 8.42 Å². The molecule has 0 unspecified atom stereocenters. The maximum Gasteiger partial charge on any atom is 0.251 e. The van der Waals surface area contributed by atoms with Crippen LogP contribution in [0.1, 0.15) is 29.6 Å². The summed E-state index contributed by atoms with van der Waals surface area (Å²) in [7, 11) is -3.60. The van der Waals surface area contributed by atoms with Crippen LogP contribution in [-0.4, -0.2) is 51.0 Å². The monoisotopic (exact) mass is 445 g/mol. The summed E-state index contributed by atoms with van der Waals surface area (Å²) in [6.45, 7) is 0.849. The van der Waals surface area contributed by atoms with Crippen LogP contribution >= 0.6 is 0 Å². The number of ether oxygens (including phenoxy) is 2. The number of benzene rings is 2. The quantitative estimate of drug-likeness (QED) is 0.703. The summed E-state index contributed by atoms with van der Waals surface area (Å²) in [4.78, 5) is 24.7. The van der Waals surface area contributed by atoms with Crippen LogP contribution in [0.4, 0.5) is 5.69 Å². The van der Waals surface area contributed by atoms with E-state index in [0.717, 1.165) is 19.3 Å². The third kappa shape index (κ3) is 4.80. The van der Waals surface area contributed by atoms with Gasteiger partial charge in [-0.1, -0.05) is 12.5 Å². The molecule has 2 amide bonds. The molecule has 2 aromatic rings. The van der Waals surface area contributed by atoms with Gasteiger partial charge in [-0.2, -0.15) is 4.31 Å². The van der Waals surface area contributed by atoms with Crippen LogP contribution < -0.4 is 20.1 Å². The Hall–Kier alpha value is -3.11. The standard InChI is InChI=1S/C21H23N3O6S/c25-20(13-22-21(26)15-7-8-18-19(11-15)30-14-29-18)23-16-5-4-6-17(12-16)31(27,28)24-9-2-1-3-10-24/h4-8,11-12H,1-3,9-10,13-14H2,(H,22,26)(H,23,25). The van der Waals surface area contributed by atoms with E-state index in [2.05, 4.69) is 10.6 Å². The van der Waals surface area contributed by atoms with Crippen molar-refractivity contribution in [3.8, 4) is 11.5 Å². The molecular weight excluding hydrogens is 422 g/mol. The molecule has 9 nitrogen and oxygen atoms in total. The lowest BCUT2D eigenvalue weighted by molar-refractivity contribution is -0.115. The number of piperidine rings is 1. The average molecular weight is 445 g/mol. The Labute approximate surface area is 180 Å². The van der Waals surface area contributed by atoms with Gasteiger partial charge in [0.2, 0.25) is 22.7 Å². The number of amides is 2. The van der Waals surface area contributed by atoms with E-state index in [1.165, 1.54) is 16.4 Å². The highest BCUT2D eigenvalue weighted by atomic mass is 32.2. The summed E-state index contributed by atoms with van der Waals surface area (Å²) in [6.07, 6.45) is 2.72. The number of carbonyl (C=O) groups excluding carboxylic acids is 2. The first-order chi connectivity index (χ1) is 14.9. The van der Waals surface area contributed by atoms with Crippen molar-refractivity contribution >= 4 is 27.5 Å². The summed E-state index contributed by atoms with van der Waals surface area (Å²) in [5.74, 6) is 0.133. The molecule has 2 aliphatic rings. The molecule has 31 heavy (non-hydrogen) atoms. The first kappa shape index (κ1) is 21.1. The van der Waals surface area contributed by atoms with Crippen LogP contribution in [0.25, 0.3) is 0 Å². The van der Waals surface area contributed by atoms with E-state index >= 15 is 0 Å². The molecule has 1 saturated heterocycles. The Morgan fingerprint density at radius 3 is 2.55 bits per heavy atom. The number of nitrogens with zero attached hydrogens (tertiary/aromatic N) is 1. The lowest BCUT2D eigenvalue weighted by Gasteiger charge is -2.26. The molecule has 0 atom stereocenters. The number of rotatable bonds is 6. The Morgan fingerprint density at radius 1 is 0.968 bits per heavy atom. The number of carbonyl (C=O) groups is 2. The molecule has 164 valence electrons. The summed E-state index contributed by atoms with van der Waals surface area (Å²) in [5, 5.41) is 5.16. The molecule has 2 heterocycles. The zero-order valence-electron chi connectivity index (χ0n) is 16.8. The van der Waals surface area contributed by atoms with E-state index in [0.29, 0.717) is 35.8 Å². The van der Waals surface area contributed by atoms with Crippen molar-refractivity contribution in [3.05, 3.63) is 48.0 Å². The zero-order valence-corrected chi connectivity index (χ0v) is 17.6. The fraction of sp³-hybridized carbons (Fsp3) is 0.333. The Bertz CT molecular complexity index is 1100. The van der Waals surface area contributed by atoms with E-state index in [-0.39, 0.29) is 18.2 Å². The number of hydrogen-bond acceptors (Lipinski definition) is 6. The van der Waals surface area contributed by atoms with Gasteiger partial charge in [-0.15, -0.1) is 0 Å². The minimum absolute atomic E-state index is 0.107. The van der Waals surface area contributed by atoms with Crippen molar-refractivity contribution in [1.29, 1.82) is 0 Å². The van der Waals surface area contributed by atoms with Gasteiger partial charge in [0.1, 0.15) is 0 Å². The summed E-state index contributed by atoms with van der Waals surface area (Å²) in [6, 6.07) is 10.9. The molecule has 0 spiro atoms. The van der Waals surface area contributed by atoms with Crippen LogP contribution in [0, 0.1) is 0 Å². The normalized spacial score (nSPS) is 16.0. The Morgan fingerprint density at radius 2 is 1.74 bits per heavy atom. The zero-order chi connectivity index (χ0) is 21.8. The van der Waals surface area contributed by atoms with Crippen molar-refractivity contribution in [2.45, 2.75) is 24.2 Å². The predicted octanol–water partition coefficient (Wildman–Crippen LogP) is 1.96. The second kappa shape index (κ2) is 8.94. The van der Waals surface area contributed by atoms with Crippen LogP contribution in [0.15, 0.2) is 47.4 Å². The van der Waals surface area contributed by atoms with Gasteiger partial charge in [0.15, 0.2) is 11.5 Å². The number of anilines is 1. The predicted molar refractivity (Wildman–Crippen MR) is 113 cm³/mol. The van der Waals surface area contributed by atoms with E-state index in [4.69, 9.17) is 9.47 Å². The molecule has 2 aliphatic heterocycles. The molecule has 10 heteroatoms. The van der Waals surface area contributed by atoms with Gasteiger partial charge in [-0.3, -0.25) is 9.59 Å². The molecule has 1 fully saturated rings. The number of nitrogens with one attached hydrogen (secondary N) is 2. The molecular formula is C21H23N3O6S. The molecule has 2 N–H and O–H groups in total. The van der Waals surface area contributed by atoms with Crippen molar-refractivity contribution in [3.63, 3.8) is 0 Å². The van der Waals surface area contributed by atoms with Crippen LogP contribution in [0.3, 0.4) is 0 Å². The summed E-state index contributed by atoms with van der Waals surface area (Å²) in [5.41, 5.74) is 0.687. The molecule has 0 bridgehead atoms. The highest BCUT2D eigenvalue weighted by Gasteiger charge is 2.26. The molecule has 4 rings (SSSR count). The maximum atomic E-state index is 12.8. The SMILES string of the molecule is O=C(CNC(=O)c1ccc2c(c1)OCO2)Nc1cccc(S(=O)(=O)N2CCCCC2)c1. The number of fused-ring (bicyclic) bond motifs is 1. The molecule has 0 aromatic heterocycles. The maximum absolute atomic E-state index is 12.8. The number of sulfonamides is 1. The van der Waals surface area contributed by atoms with Gasteiger partial charge >= 0.3 is 0 Å². The third-order valence-electron chi connectivity index (χ3n) is 5.11.